The van der Waals surface area contributed by atoms with Gasteiger partial charge >= 0.3 is 0 Å². The molecule has 0 N–H and O–H groups in total. The molecule has 1 heterocycles. The molecule has 13 heavy (non-hydrogen) atoms. The van der Waals surface area contributed by atoms with Crippen LogP contribution in [0.15, 0.2) is 6.07 Å². The summed E-state index contributed by atoms with van der Waals surface area (Å²) in [7, 11) is 0. The molecule has 70 valence electrons. The van der Waals surface area contributed by atoms with Crippen LogP contribution < -0.4 is 4.74 Å². The van der Waals surface area contributed by atoms with Crippen molar-refractivity contribution in [3.05, 3.63) is 17.0 Å². The van der Waals surface area contributed by atoms with Crippen molar-refractivity contribution in [3.8, 4) is 5.88 Å². The first kappa shape index (κ1) is 8.75. The van der Waals surface area contributed by atoms with Gasteiger partial charge in [-0.25, -0.2) is 4.98 Å². The summed E-state index contributed by atoms with van der Waals surface area (Å²) in [5.74, 6) is 1.32. The lowest BCUT2D eigenvalue weighted by Crippen LogP contribution is -2.01. The molecule has 0 saturated heterocycles. The molecular formula is C9H11ClN2O. The van der Waals surface area contributed by atoms with E-state index in [0.29, 0.717) is 5.88 Å². The SMILES string of the molecule is Cc1cc(OCC2CC2)nc(Cl)n1. The van der Waals surface area contributed by atoms with Crippen molar-refractivity contribution in [2.24, 2.45) is 5.92 Å². The van der Waals surface area contributed by atoms with Gasteiger partial charge in [-0.1, -0.05) is 0 Å². The van der Waals surface area contributed by atoms with Gasteiger partial charge in [0.15, 0.2) is 0 Å². The molecule has 0 aliphatic heterocycles. The van der Waals surface area contributed by atoms with Crippen molar-refractivity contribution in [1.29, 1.82) is 0 Å². The fraction of sp³-hybridized carbons (Fsp3) is 0.556. The fourth-order valence-corrected chi connectivity index (χ4v) is 1.28. The Morgan fingerprint density at radius 3 is 2.92 bits per heavy atom. The van der Waals surface area contributed by atoms with E-state index in [-0.39, 0.29) is 5.28 Å². The molecule has 0 bridgehead atoms. The van der Waals surface area contributed by atoms with E-state index in [4.69, 9.17) is 16.3 Å². The van der Waals surface area contributed by atoms with Crippen LogP contribution in [0.3, 0.4) is 0 Å². The molecule has 0 radical (unpaired) electrons. The minimum atomic E-state index is 0.255. The summed E-state index contributed by atoms with van der Waals surface area (Å²) in [6.07, 6.45) is 2.55. The second-order valence-electron chi connectivity index (χ2n) is 3.37. The van der Waals surface area contributed by atoms with Gasteiger partial charge in [-0.05, 0) is 37.3 Å². The van der Waals surface area contributed by atoms with E-state index in [2.05, 4.69) is 9.97 Å². The van der Waals surface area contributed by atoms with Crippen LogP contribution >= 0.6 is 11.6 Å². The summed E-state index contributed by atoms with van der Waals surface area (Å²) < 4.78 is 5.46. The summed E-state index contributed by atoms with van der Waals surface area (Å²) >= 11 is 5.68. The molecular weight excluding hydrogens is 188 g/mol. The van der Waals surface area contributed by atoms with Gasteiger partial charge in [-0.3, -0.25) is 0 Å². The van der Waals surface area contributed by atoms with Crippen LogP contribution in [-0.4, -0.2) is 16.6 Å². The Morgan fingerprint density at radius 2 is 2.31 bits per heavy atom. The molecule has 0 unspecified atom stereocenters. The summed E-state index contributed by atoms with van der Waals surface area (Å²) in [4.78, 5) is 7.92. The first-order valence-corrected chi connectivity index (χ1v) is 4.76. The number of halogens is 1. The first-order chi connectivity index (χ1) is 6.24. The molecule has 1 aromatic heterocycles. The zero-order valence-electron chi connectivity index (χ0n) is 7.46. The number of nitrogens with zero attached hydrogens (tertiary/aromatic N) is 2. The van der Waals surface area contributed by atoms with E-state index in [1.54, 1.807) is 6.07 Å². The normalized spacial score (nSPS) is 15.8. The van der Waals surface area contributed by atoms with Crippen LogP contribution in [0, 0.1) is 12.8 Å². The third-order valence-corrected chi connectivity index (χ3v) is 2.14. The monoisotopic (exact) mass is 198 g/mol. The van der Waals surface area contributed by atoms with Gasteiger partial charge in [-0.15, -0.1) is 0 Å². The van der Waals surface area contributed by atoms with Gasteiger partial charge in [-0.2, -0.15) is 4.98 Å². The Bertz CT molecular complexity index is 292. The van der Waals surface area contributed by atoms with Gasteiger partial charge in [0.25, 0.3) is 0 Å². The van der Waals surface area contributed by atoms with Crippen molar-refractivity contribution in [2.75, 3.05) is 6.61 Å². The van der Waals surface area contributed by atoms with E-state index in [0.717, 1.165) is 18.2 Å². The van der Waals surface area contributed by atoms with Gasteiger partial charge in [0.05, 0.1) is 6.61 Å². The average Bonchev–Trinajstić information content (AvgIpc) is 2.81. The Balaban J connectivity index is 2.01. The van der Waals surface area contributed by atoms with Gasteiger partial charge < -0.3 is 4.74 Å². The van der Waals surface area contributed by atoms with Gasteiger partial charge in [0.1, 0.15) is 0 Å². The number of ether oxygens (including phenoxy) is 1. The van der Waals surface area contributed by atoms with E-state index < -0.39 is 0 Å². The second-order valence-corrected chi connectivity index (χ2v) is 3.71. The molecule has 1 fully saturated rings. The summed E-state index contributed by atoms with van der Waals surface area (Å²) in [5, 5.41) is 0.255. The van der Waals surface area contributed by atoms with Crippen LogP contribution in [0.1, 0.15) is 18.5 Å². The quantitative estimate of drug-likeness (QED) is 0.699. The van der Waals surface area contributed by atoms with Crippen LogP contribution in [-0.2, 0) is 0 Å². The molecule has 0 amide bonds. The topological polar surface area (TPSA) is 35.0 Å². The number of hydrogen-bond donors (Lipinski definition) is 0. The third kappa shape index (κ3) is 2.56. The summed E-state index contributed by atoms with van der Waals surface area (Å²) in [6.45, 7) is 2.63. The lowest BCUT2D eigenvalue weighted by molar-refractivity contribution is 0.287. The highest BCUT2D eigenvalue weighted by Crippen LogP contribution is 2.29. The Kier molecular flexibility index (Phi) is 2.36. The maximum atomic E-state index is 5.68. The van der Waals surface area contributed by atoms with Gasteiger partial charge in [0, 0.05) is 11.8 Å². The highest BCUT2D eigenvalue weighted by molar-refractivity contribution is 6.28. The zero-order chi connectivity index (χ0) is 9.26. The number of hydrogen-bond acceptors (Lipinski definition) is 3. The highest BCUT2D eigenvalue weighted by atomic mass is 35.5. The van der Waals surface area contributed by atoms with Crippen LogP contribution in [0.4, 0.5) is 0 Å². The lowest BCUT2D eigenvalue weighted by atomic mass is 10.4. The first-order valence-electron chi connectivity index (χ1n) is 4.38. The average molecular weight is 199 g/mol. The Labute approximate surface area is 82.1 Å². The molecule has 0 aromatic carbocycles. The number of aryl methyl sites for hydroxylation is 1. The molecule has 3 nitrogen and oxygen atoms in total. The molecule has 1 aliphatic carbocycles. The predicted molar refractivity (Wildman–Crippen MR) is 50.0 cm³/mol. The Morgan fingerprint density at radius 1 is 1.54 bits per heavy atom. The highest BCUT2D eigenvalue weighted by Gasteiger charge is 2.22. The molecule has 1 saturated carbocycles. The largest absolute Gasteiger partial charge is 0.477 e. The molecule has 1 aliphatic rings. The summed E-state index contributed by atoms with van der Waals surface area (Å²) in [5.41, 5.74) is 0.839. The van der Waals surface area contributed by atoms with E-state index >= 15 is 0 Å². The van der Waals surface area contributed by atoms with E-state index in [1.165, 1.54) is 12.8 Å². The summed E-state index contributed by atoms with van der Waals surface area (Å²) in [6, 6.07) is 1.80. The minimum absolute atomic E-state index is 0.255. The maximum absolute atomic E-state index is 5.68. The van der Waals surface area contributed by atoms with Crippen LogP contribution in [0.2, 0.25) is 5.28 Å². The maximum Gasteiger partial charge on any atom is 0.225 e. The minimum Gasteiger partial charge on any atom is -0.477 e. The predicted octanol–water partition coefficient (Wildman–Crippen LogP) is 2.23. The second kappa shape index (κ2) is 3.50. The van der Waals surface area contributed by atoms with Gasteiger partial charge in [0.2, 0.25) is 11.2 Å². The van der Waals surface area contributed by atoms with E-state index in [1.807, 2.05) is 6.92 Å². The van der Waals surface area contributed by atoms with Crippen LogP contribution in [0.5, 0.6) is 5.88 Å². The van der Waals surface area contributed by atoms with Crippen molar-refractivity contribution < 1.29 is 4.74 Å². The van der Waals surface area contributed by atoms with E-state index in [9.17, 15) is 0 Å². The lowest BCUT2D eigenvalue weighted by Gasteiger charge is -2.04. The zero-order valence-corrected chi connectivity index (χ0v) is 8.21. The molecule has 0 spiro atoms. The fourth-order valence-electron chi connectivity index (χ4n) is 1.07. The molecule has 0 atom stereocenters. The molecule has 2 rings (SSSR count). The molecule has 1 aromatic rings. The number of aromatic nitrogens is 2. The van der Waals surface area contributed by atoms with Crippen molar-refractivity contribution in [2.45, 2.75) is 19.8 Å². The Hall–Kier alpha value is -0.830. The van der Waals surface area contributed by atoms with Crippen molar-refractivity contribution >= 4 is 11.6 Å². The smallest absolute Gasteiger partial charge is 0.225 e. The number of rotatable bonds is 3. The van der Waals surface area contributed by atoms with Crippen molar-refractivity contribution in [3.63, 3.8) is 0 Å². The third-order valence-electron chi connectivity index (χ3n) is 1.97. The molecule has 4 heteroatoms. The standard InChI is InChI=1S/C9H11ClN2O/c1-6-4-8(12-9(10)11-6)13-5-7-2-3-7/h4,7H,2-3,5H2,1H3. The van der Waals surface area contributed by atoms with Crippen molar-refractivity contribution in [1.82, 2.24) is 9.97 Å². The van der Waals surface area contributed by atoms with Crippen LogP contribution in [0.25, 0.3) is 0 Å².